The summed E-state index contributed by atoms with van der Waals surface area (Å²) in [6.07, 6.45) is 3.73. The second-order valence-corrected chi connectivity index (χ2v) is 12.5. The minimum atomic E-state index is -1.11. The van der Waals surface area contributed by atoms with Gasteiger partial charge in [-0.1, -0.05) is 47.6 Å². The highest BCUT2D eigenvalue weighted by Gasteiger charge is 2.36. The molecule has 2 atom stereocenters. The molecule has 0 saturated carbocycles. The molecular weight excluding hydrogens is 643 g/mol. The number of halogens is 1. The van der Waals surface area contributed by atoms with Crippen LogP contribution in [0.25, 0.3) is 10.4 Å². The molecule has 1 saturated heterocycles. The molecule has 2 aliphatic heterocycles. The van der Waals surface area contributed by atoms with Gasteiger partial charge in [0.25, 0.3) is 0 Å². The molecule has 2 aliphatic rings. The van der Waals surface area contributed by atoms with Crippen LogP contribution in [0, 0.1) is 5.82 Å². The van der Waals surface area contributed by atoms with Crippen molar-refractivity contribution < 1.29 is 28.6 Å². The molecule has 0 spiro atoms. The maximum absolute atomic E-state index is 15.7. The third-order valence-electron chi connectivity index (χ3n) is 8.86. The van der Waals surface area contributed by atoms with E-state index >= 15 is 4.39 Å². The molecular formula is C36H43FN8O5. The number of nitrogens with zero attached hydrogens (tertiary/aromatic N) is 6. The second-order valence-electron chi connectivity index (χ2n) is 12.5. The van der Waals surface area contributed by atoms with Crippen molar-refractivity contribution >= 4 is 23.7 Å². The zero-order valence-electron chi connectivity index (χ0n) is 28.0. The number of carboxylic acids is 1. The Morgan fingerprint density at radius 1 is 1.12 bits per heavy atom. The van der Waals surface area contributed by atoms with Crippen LogP contribution in [0.3, 0.4) is 0 Å². The first-order chi connectivity index (χ1) is 24.3. The highest BCUT2D eigenvalue weighted by atomic mass is 19.1. The largest absolute Gasteiger partial charge is 0.481 e. The zero-order chi connectivity index (χ0) is 35.3. The Labute approximate surface area is 290 Å². The molecule has 1 aromatic heterocycles. The smallest absolute Gasteiger partial charge is 0.320 e. The van der Waals surface area contributed by atoms with E-state index in [2.05, 4.69) is 26.7 Å². The fourth-order valence-corrected chi connectivity index (χ4v) is 6.32. The SMILES string of the molecule is [N-]=[N+]=NCCCCC(=O)NC(Cc1ccccc1)Oc1ccc([C@H](CC(=O)O)N2CCN(CCCc3ccc4c(n3)NCCC4)C2=O)cc1F. The number of hydrogen-bond acceptors (Lipinski definition) is 7. The number of carbonyl (C=O) groups excluding carboxylic acids is 2. The Morgan fingerprint density at radius 3 is 2.74 bits per heavy atom. The van der Waals surface area contributed by atoms with Gasteiger partial charge in [-0.2, -0.15) is 0 Å². The number of rotatable bonds is 18. The summed E-state index contributed by atoms with van der Waals surface area (Å²) < 4.78 is 21.6. The summed E-state index contributed by atoms with van der Waals surface area (Å²) in [5, 5.41) is 19.4. The van der Waals surface area contributed by atoms with Gasteiger partial charge < -0.3 is 30.3 Å². The Kier molecular flexibility index (Phi) is 12.8. The molecule has 13 nitrogen and oxygen atoms in total. The fraction of sp³-hybridized carbons (Fsp3) is 0.444. The van der Waals surface area contributed by atoms with E-state index < -0.39 is 30.5 Å². The molecule has 2 aromatic carbocycles. The first-order valence-electron chi connectivity index (χ1n) is 17.1. The van der Waals surface area contributed by atoms with Gasteiger partial charge in [0.2, 0.25) is 5.91 Å². The molecule has 1 unspecified atom stereocenters. The van der Waals surface area contributed by atoms with E-state index in [1.54, 1.807) is 11.0 Å². The molecule has 14 heteroatoms. The summed E-state index contributed by atoms with van der Waals surface area (Å²) in [4.78, 5) is 48.7. The van der Waals surface area contributed by atoms with E-state index in [0.29, 0.717) is 57.4 Å². The van der Waals surface area contributed by atoms with E-state index in [1.165, 1.54) is 22.6 Å². The number of carboxylic acid groups (broad SMARTS) is 1. The highest BCUT2D eigenvalue weighted by molar-refractivity contribution is 5.78. The lowest BCUT2D eigenvalue weighted by atomic mass is 10.0. The van der Waals surface area contributed by atoms with E-state index in [1.807, 2.05) is 36.4 Å². The van der Waals surface area contributed by atoms with Crippen molar-refractivity contribution in [3.63, 3.8) is 0 Å². The van der Waals surface area contributed by atoms with E-state index in [0.717, 1.165) is 36.5 Å². The number of benzene rings is 2. The number of carbonyl (C=O) groups is 3. The van der Waals surface area contributed by atoms with Crippen molar-refractivity contribution in [2.24, 2.45) is 5.11 Å². The normalized spacial score (nSPS) is 15.0. The summed E-state index contributed by atoms with van der Waals surface area (Å²) in [5.74, 6) is -1.33. The molecule has 1 fully saturated rings. The number of aromatic nitrogens is 1. The Morgan fingerprint density at radius 2 is 1.96 bits per heavy atom. The van der Waals surface area contributed by atoms with E-state index in [9.17, 15) is 19.5 Å². The standard InChI is InChI=1S/C36H43FN8O5/c37-29-23-27(14-16-31(29)50-33(22-25-8-2-1-3-9-25)42-32(46)12-4-5-18-40-43-38)30(24-34(47)48)45-21-20-44(36(45)49)19-7-11-28-15-13-26-10-6-17-39-35(26)41-28/h1-3,8-9,13-16,23,30,33H,4-7,10-12,17-22,24H2,(H,39,41)(H,42,46)(H,47,48)/t30-,33?/m0/s1. The number of azide groups is 1. The minimum absolute atomic E-state index is 0.118. The fourth-order valence-electron chi connectivity index (χ4n) is 6.32. The third kappa shape index (κ3) is 10.1. The van der Waals surface area contributed by atoms with Gasteiger partial charge in [0.05, 0.1) is 12.5 Å². The lowest BCUT2D eigenvalue weighted by Gasteiger charge is -2.28. The van der Waals surface area contributed by atoms with Crippen molar-refractivity contribution in [3.05, 3.63) is 99.3 Å². The lowest BCUT2D eigenvalue weighted by Crippen LogP contribution is -2.40. The maximum atomic E-state index is 15.7. The number of urea groups is 1. The van der Waals surface area contributed by atoms with Crippen molar-refractivity contribution in [3.8, 4) is 5.75 Å². The van der Waals surface area contributed by atoms with Crippen LogP contribution < -0.4 is 15.4 Å². The minimum Gasteiger partial charge on any atom is -0.481 e. The third-order valence-corrected chi connectivity index (χ3v) is 8.86. The number of hydrogen-bond donors (Lipinski definition) is 3. The van der Waals surface area contributed by atoms with Gasteiger partial charge in [-0.25, -0.2) is 14.2 Å². The quantitative estimate of drug-likeness (QED) is 0.0483. The lowest BCUT2D eigenvalue weighted by molar-refractivity contribution is -0.138. The molecule has 5 rings (SSSR count). The molecule has 50 heavy (non-hydrogen) atoms. The topological polar surface area (TPSA) is 173 Å². The van der Waals surface area contributed by atoms with Crippen LogP contribution in [0.4, 0.5) is 15.0 Å². The van der Waals surface area contributed by atoms with Gasteiger partial charge in [-0.15, -0.1) is 0 Å². The molecule has 264 valence electrons. The van der Waals surface area contributed by atoms with Gasteiger partial charge in [-0.05, 0) is 78.9 Å². The van der Waals surface area contributed by atoms with Crippen LogP contribution in [0.2, 0.25) is 0 Å². The van der Waals surface area contributed by atoms with Crippen LogP contribution in [0.15, 0.2) is 65.8 Å². The number of nitrogens with one attached hydrogen (secondary N) is 2. The zero-order valence-corrected chi connectivity index (χ0v) is 28.0. The number of aryl methyl sites for hydroxylation is 2. The molecule has 0 bridgehead atoms. The van der Waals surface area contributed by atoms with Gasteiger partial charge in [0.1, 0.15) is 5.82 Å². The number of fused-ring (bicyclic) bond motifs is 1. The average Bonchev–Trinajstić information content (AvgIpc) is 3.47. The number of unbranched alkanes of at least 4 members (excludes halogenated alkanes) is 1. The van der Waals surface area contributed by atoms with Crippen LogP contribution >= 0.6 is 0 Å². The summed E-state index contributed by atoms with van der Waals surface area (Å²) >= 11 is 0. The first-order valence-corrected chi connectivity index (χ1v) is 17.1. The predicted molar refractivity (Wildman–Crippen MR) is 185 cm³/mol. The highest BCUT2D eigenvalue weighted by Crippen LogP contribution is 2.32. The average molecular weight is 687 g/mol. The summed E-state index contributed by atoms with van der Waals surface area (Å²) in [6, 6.07) is 16.5. The van der Waals surface area contributed by atoms with Gasteiger partial charge in [0, 0.05) is 56.2 Å². The van der Waals surface area contributed by atoms with Gasteiger partial charge >= 0.3 is 12.0 Å². The number of aliphatic carboxylic acids is 1. The summed E-state index contributed by atoms with van der Waals surface area (Å²) in [6.45, 7) is 2.44. The van der Waals surface area contributed by atoms with Crippen LogP contribution in [0.1, 0.15) is 67.0 Å². The molecule has 3 aromatic rings. The van der Waals surface area contributed by atoms with Crippen LogP contribution in [-0.4, -0.2) is 76.7 Å². The van der Waals surface area contributed by atoms with Gasteiger partial charge in [-0.3, -0.25) is 9.59 Å². The van der Waals surface area contributed by atoms with Crippen molar-refractivity contribution in [1.29, 1.82) is 0 Å². The van der Waals surface area contributed by atoms with Crippen molar-refractivity contribution in [2.75, 3.05) is 38.0 Å². The monoisotopic (exact) mass is 686 g/mol. The summed E-state index contributed by atoms with van der Waals surface area (Å²) in [5.41, 5.74) is 11.8. The number of ether oxygens (including phenoxy) is 1. The van der Waals surface area contributed by atoms with Crippen molar-refractivity contribution in [1.82, 2.24) is 20.1 Å². The molecule has 0 radical (unpaired) electrons. The molecule has 3 heterocycles. The van der Waals surface area contributed by atoms with E-state index in [-0.39, 0.29) is 30.5 Å². The number of pyridine rings is 1. The van der Waals surface area contributed by atoms with Crippen LogP contribution in [-0.2, 0) is 28.9 Å². The molecule has 3 N–H and O–H groups in total. The van der Waals surface area contributed by atoms with Gasteiger partial charge in [0.15, 0.2) is 17.8 Å². The van der Waals surface area contributed by atoms with Crippen LogP contribution in [0.5, 0.6) is 5.75 Å². The predicted octanol–water partition coefficient (Wildman–Crippen LogP) is 6.01. The number of amides is 3. The number of anilines is 1. The first kappa shape index (κ1) is 35.9. The second kappa shape index (κ2) is 17.9. The maximum Gasteiger partial charge on any atom is 0.320 e. The summed E-state index contributed by atoms with van der Waals surface area (Å²) in [7, 11) is 0. The Balaban J connectivity index is 1.22. The Bertz CT molecular complexity index is 1690. The Hall–Kier alpha value is -5.36. The van der Waals surface area contributed by atoms with Crippen molar-refractivity contribution in [2.45, 2.75) is 70.1 Å². The molecule has 3 amide bonds. The van der Waals surface area contributed by atoms with E-state index in [4.69, 9.17) is 15.3 Å². The molecule has 0 aliphatic carbocycles.